The molecule has 9 aromatic rings. The third-order valence-corrected chi connectivity index (χ3v) is 10.8. The fraction of sp³-hybridized carbons (Fsp3) is 0. The van der Waals surface area contributed by atoms with Crippen LogP contribution in [0.2, 0.25) is 0 Å². The average molecular weight is 597 g/mol. The van der Waals surface area contributed by atoms with Gasteiger partial charge in [-0.15, -0.1) is 22.7 Å². The van der Waals surface area contributed by atoms with Gasteiger partial charge in [-0.1, -0.05) is 109 Å². The topological polar surface area (TPSA) is 25.8 Å². The number of aromatic nitrogens is 2. The van der Waals surface area contributed by atoms with Gasteiger partial charge < -0.3 is 0 Å². The molecule has 0 amide bonds. The average Bonchev–Trinajstić information content (AvgIpc) is 3.67. The van der Waals surface area contributed by atoms with Crippen molar-refractivity contribution in [2.45, 2.75) is 0 Å². The summed E-state index contributed by atoms with van der Waals surface area (Å²) in [5, 5.41) is 5.25. The van der Waals surface area contributed by atoms with E-state index in [0.29, 0.717) is 0 Å². The van der Waals surface area contributed by atoms with Gasteiger partial charge in [-0.05, 0) is 52.1 Å². The number of benzene rings is 6. The summed E-state index contributed by atoms with van der Waals surface area (Å²) in [5.41, 5.74) is 8.00. The first-order valence-corrected chi connectivity index (χ1v) is 16.3. The molecule has 0 spiro atoms. The van der Waals surface area contributed by atoms with Crippen LogP contribution in [0.1, 0.15) is 0 Å². The van der Waals surface area contributed by atoms with Crippen molar-refractivity contribution < 1.29 is 0 Å². The lowest BCUT2D eigenvalue weighted by Gasteiger charge is -2.09. The van der Waals surface area contributed by atoms with E-state index in [0.717, 1.165) is 22.5 Å². The van der Waals surface area contributed by atoms with Crippen molar-refractivity contribution >= 4 is 63.0 Å². The minimum atomic E-state index is 0.727. The standard InChI is InChI=1S/C40H24N2S2/c1-3-19-36-32(13-1)34-17-7-15-30(38(34)43-36)26-10-5-9-25(21-26)29-23-41-40(42-24-29)28-12-6-11-27(22-28)31-16-8-18-35-33-14-2-4-20-37(33)44-39(31)35/h1-24H. The number of thiophene rings is 2. The van der Waals surface area contributed by atoms with E-state index in [4.69, 9.17) is 9.97 Å². The molecule has 3 heterocycles. The lowest BCUT2D eigenvalue weighted by Crippen LogP contribution is -1.91. The lowest BCUT2D eigenvalue weighted by molar-refractivity contribution is 1.18. The van der Waals surface area contributed by atoms with E-state index in [-0.39, 0.29) is 0 Å². The van der Waals surface area contributed by atoms with Crippen molar-refractivity contribution in [3.8, 4) is 44.8 Å². The molecule has 0 aliphatic heterocycles. The second-order valence-corrected chi connectivity index (χ2v) is 13.1. The summed E-state index contributed by atoms with van der Waals surface area (Å²) in [6.07, 6.45) is 3.89. The SMILES string of the molecule is c1cc(-c2cnc(-c3cccc(-c4cccc5c4sc4ccccc45)c3)nc2)cc(-c2cccc3c2sc2ccccc23)c1. The van der Waals surface area contributed by atoms with E-state index in [1.807, 2.05) is 35.1 Å². The van der Waals surface area contributed by atoms with Gasteiger partial charge in [0.25, 0.3) is 0 Å². The molecule has 2 nitrogen and oxygen atoms in total. The van der Waals surface area contributed by atoms with Crippen molar-refractivity contribution in [1.82, 2.24) is 9.97 Å². The van der Waals surface area contributed by atoms with Crippen LogP contribution in [0.15, 0.2) is 146 Å². The van der Waals surface area contributed by atoms with E-state index in [1.165, 1.54) is 62.6 Å². The van der Waals surface area contributed by atoms with Crippen LogP contribution in [0.3, 0.4) is 0 Å². The predicted molar refractivity (Wildman–Crippen MR) is 190 cm³/mol. The fourth-order valence-corrected chi connectivity index (χ4v) is 8.74. The minimum Gasteiger partial charge on any atom is -0.236 e. The molecule has 0 saturated carbocycles. The normalized spacial score (nSPS) is 11.6. The third-order valence-electron chi connectivity index (χ3n) is 8.40. The van der Waals surface area contributed by atoms with Gasteiger partial charge in [-0.2, -0.15) is 0 Å². The second-order valence-electron chi connectivity index (χ2n) is 11.0. The van der Waals surface area contributed by atoms with Crippen LogP contribution in [0.4, 0.5) is 0 Å². The smallest absolute Gasteiger partial charge is 0.159 e. The Bertz CT molecular complexity index is 2330. The Kier molecular flexibility index (Phi) is 5.90. The molecule has 0 aliphatic rings. The Morgan fingerprint density at radius 3 is 1.41 bits per heavy atom. The molecule has 6 aromatic carbocycles. The summed E-state index contributed by atoms with van der Waals surface area (Å²) in [5.74, 6) is 0.727. The molecular formula is C40H24N2S2. The Morgan fingerprint density at radius 1 is 0.364 bits per heavy atom. The van der Waals surface area contributed by atoms with Gasteiger partial charge in [-0.3, -0.25) is 0 Å². The summed E-state index contributed by atoms with van der Waals surface area (Å²) in [7, 11) is 0. The van der Waals surface area contributed by atoms with Crippen LogP contribution in [-0.4, -0.2) is 9.97 Å². The fourth-order valence-electron chi connectivity index (χ4n) is 6.27. The van der Waals surface area contributed by atoms with Crippen LogP contribution < -0.4 is 0 Å². The molecule has 0 atom stereocenters. The Balaban J connectivity index is 1.06. The highest BCUT2D eigenvalue weighted by molar-refractivity contribution is 7.26. The number of hydrogen-bond acceptors (Lipinski definition) is 4. The first-order chi connectivity index (χ1) is 21.8. The van der Waals surface area contributed by atoms with Crippen LogP contribution in [0, 0.1) is 0 Å². The monoisotopic (exact) mass is 596 g/mol. The Hall–Kier alpha value is -5.16. The van der Waals surface area contributed by atoms with Crippen LogP contribution >= 0.6 is 22.7 Å². The highest BCUT2D eigenvalue weighted by atomic mass is 32.1. The third kappa shape index (κ3) is 4.15. The van der Waals surface area contributed by atoms with Gasteiger partial charge in [0.05, 0.1) is 0 Å². The minimum absolute atomic E-state index is 0.727. The Morgan fingerprint density at radius 2 is 0.818 bits per heavy atom. The van der Waals surface area contributed by atoms with E-state index >= 15 is 0 Å². The molecule has 0 bridgehead atoms. The van der Waals surface area contributed by atoms with Crippen molar-refractivity contribution in [1.29, 1.82) is 0 Å². The van der Waals surface area contributed by atoms with Crippen LogP contribution in [0.25, 0.3) is 85.1 Å². The molecule has 0 saturated heterocycles. The number of fused-ring (bicyclic) bond motifs is 6. The zero-order valence-corrected chi connectivity index (χ0v) is 25.2. The zero-order valence-electron chi connectivity index (χ0n) is 23.6. The molecule has 0 aliphatic carbocycles. The molecule has 9 rings (SSSR count). The maximum absolute atomic E-state index is 4.83. The van der Waals surface area contributed by atoms with E-state index in [9.17, 15) is 0 Å². The number of nitrogens with zero attached hydrogens (tertiary/aromatic N) is 2. The number of rotatable bonds is 4. The molecule has 3 aromatic heterocycles. The van der Waals surface area contributed by atoms with Crippen molar-refractivity contribution in [3.05, 3.63) is 146 Å². The summed E-state index contributed by atoms with van der Waals surface area (Å²) in [4.78, 5) is 9.66. The number of hydrogen-bond donors (Lipinski definition) is 0. The van der Waals surface area contributed by atoms with Crippen LogP contribution in [-0.2, 0) is 0 Å². The molecule has 0 fully saturated rings. The first-order valence-electron chi connectivity index (χ1n) is 14.6. The van der Waals surface area contributed by atoms with Crippen molar-refractivity contribution in [2.24, 2.45) is 0 Å². The maximum Gasteiger partial charge on any atom is 0.159 e. The van der Waals surface area contributed by atoms with Crippen LogP contribution in [0.5, 0.6) is 0 Å². The molecule has 44 heavy (non-hydrogen) atoms. The molecule has 206 valence electrons. The summed E-state index contributed by atoms with van der Waals surface area (Å²) in [6, 6.07) is 47.8. The van der Waals surface area contributed by atoms with Gasteiger partial charge >= 0.3 is 0 Å². The van der Waals surface area contributed by atoms with Gasteiger partial charge in [-0.25, -0.2) is 9.97 Å². The van der Waals surface area contributed by atoms with Crippen molar-refractivity contribution in [2.75, 3.05) is 0 Å². The molecule has 0 unspecified atom stereocenters. The first kappa shape index (κ1) is 25.3. The summed E-state index contributed by atoms with van der Waals surface area (Å²) < 4.78 is 5.27. The summed E-state index contributed by atoms with van der Waals surface area (Å²) >= 11 is 3.72. The lowest BCUT2D eigenvalue weighted by atomic mass is 9.99. The van der Waals surface area contributed by atoms with Gasteiger partial charge in [0.1, 0.15) is 0 Å². The van der Waals surface area contributed by atoms with E-state index in [2.05, 4.69) is 133 Å². The zero-order chi connectivity index (χ0) is 29.0. The molecule has 4 heteroatoms. The second kappa shape index (κ2) is 10.2. The molecular weight excluding hydrogens is 573 g/mol. The van der Waals surface area contributed by atoms with Crippen molar-refractivity contribution in [3.63, 3.8) is 0 Å². The molecule has 0 N–H and O–H groups in total. The largest absolute Gasteiger partial charge is 0.236 e. The summed E-state index contributed by atoms with van der Waals surface area (Å²) in [6.45, 7) is 0. The van der Waals surface area contributed by atoms with Gasteiger partial charge in [0, 0.05) is 63.9 Å². The van der Waals surface area contributed by atoms with Gasteiger partial charge in [0.15, 0.2) is 5.82 Å². The highest BCUT2D eigenvalue weighted by Gasteiger charge is 2.13. The predicted octanol–water partition coefficient (Wildman–Crippen LogP) is 11.9. The quantitative estimate of drug-likeness (QED) is 0.202. The Labute approximate surface area is 262 Å². The molecule has 0 radical (unpaired) electrons. The van der Waals surface area contributed by atoms with Gasteiger partial charge in [0.2, 0.25) is 0 Å². The van der Waals surface area contributed by atoms with E-state index < -0.39 is 0 Å². The maximum atomic E-state index is 4.83. The van der Waals surface area contributed by atoms with E-state index in [1.54, 1.807) is 0 Å². The highest BCUT2D eigenvalue weighted by Crippen LogP contribution is 2.42.